The van der Waals surface area contributed by atoms with Gasteiger partial charge in [-0.15, -0.1) is 0 Å². The second-order valence-electron chi connectivity index (χ2n) is 3.15. The molecule has 17 heavy (non-hydrogen) atoms. The number of benzene rings is 1. The van der Waals surface area contributed by atoms with Crippen molar-refractivity contribution in [3.8, 4) is 0 Å². The predicted molar refractivity (Wildman–Crippen MR) is 72.5 cm³/mol. The molecule has 1 aromatic carbocycles. The molecular weight excluding hydrogens is 354 g/mol. The van der Waals surface area contributed by atoms with Crippen LogP contribution in [0.5, 0.6) is 0 Å². The SMILES string of the molecule is NCC(=O)NCC(=O)Nc1cc(Br)ccc1Br. The minimum atomic E-state index is -0.367. The van der Waals surface area contributed by atoms with E-state index >= 15 is 0 Å². The molecule has 5 nitrogen and oxygen atoms in total. The van der Waals surface area contributed by atoms with Gasteiger partial charge < -0.3 is 16.4 Å². The van der Waals surface area contributed by atoms with E-state index in [0.29, 0.717) is 5.69 Å². The molecule has 1 rings (SSSR count). The second kappa shape index (κ2) is 6.73. The van der Waals surface area contributed by atoms with Crippen LogP contribution in [0, 0.1) is 0 Å². The first-order valence-corrected chi connectivity index (χ1v) is 6.33. The molecule has 2 amide bonds. The number of carbonyl (C=O) groups excluding carboxylic acids is 2. The molecule has 0 spiro atoms. The van der Waals surface area contributed by atoms with Crippen molar-refractivity contribution in [3.63, 3.8) is 0 Å². The second-order valence-corrected chi connectivity index (χ2v) is 4.92. The van der Waals surface area contributed by atoms with E-state index in [0.717, 1.165) is 8.95 Å². The average molecular weight is 365 g/mol. The Morgan fingerprint density at radius 3 is 2.59 bits per heavy atom. The van der Waals surface area contributed by atoms with E-state index in [9.17, 15) is 9.59 Å². The Kier molecular flexibility index (Phi) is 5.60. The maximum Gasteiger partial charge on any atom is 0.243 e. The van der Waals surface area contributed by atoms with E-state index in [4.69, 9.17) is 5.73 Å². The van der Waals surface area contributed by atoms with Gasteiger partial charge in [0, 0.05) is 8.95 Å². The van der Waals surface area contributed by atoms with Gasteiger partial charge in [0.15, 0.2) is 0 Å². The van der Waals surface area contributed by atoms with Crippen molar-refractivity contribution >= 4 is 49.4 Å². The first-order valence-electron chi connectivity index (χ1n) is 4.74. The van der Waals surface area contributed by atoms with Gasteiger partial charge in [0.1, 0.15) is 0 Å². The van der Waals surface area contributed by atoms with Crippen LogP contribution in [0.15, 0.2) is 27.1 Å². The Bertz CT molecular complexity index is 438. The number of carbonyl (C=O) groups is 2. The van der Waals surface area contributed by atoms with E-state index in [2.05, 4.69) is 42.5 Å². The molecule has 92 valence electrons. The van der Waals surface area contributed by atoms with Gasteiger partial charge in [-0.25, -0.2) is 0 Å². The molecule has 0 saturated carbocycles. The van der Waals surface area contributed by atoms with Crippen LogP contribution in [0.25, 0.3) is 0 Å². The Balaban J connectivity index is 2.56. The van der Waals surface area contributed by atoms with E-state index in [1.54, 1.807) is 12.1 Å². The van der Waals surface area contributed by atoms with E-state index in [-0.39, 0.29) is 24.9 Å². The summed E-state index contributed by atoms with van der Waals surface area (Å²) in [5.74, 6) is -0.681. The molecule has 0 fully saturated rings. The minimum absolute atomic E-state index is 0.102. The molecule has 0 aliphatic rings. The lowest BCUT2D eigenvalue weighted by molar-refractivity contribution is -0.123. The number of hydrogen-bond acceptors (Lipinski definition) is 3. The molecule has 0 heterocycles. The number of rotatable bonds is 4. The van der Waals surface area contributed by atoms with E-state index < -0.39 is 0 Å². The fourth-order valence-electron chi connectivity index (χ4n) is 1.04. The zero-order valence-electron chi connectivity index (χ0n) is 8.80. The highest BCUT2D eigenvalue weighted by Gasteiger charge is 2.07. The van der Waals surface area contributed by atoms with Gasteiger partial charge in [-0.3, -0.25) is 9.59 Å². The molecule has 0 bridgehead atoms. The largest absolute Gasteiger partial charge is 0.346 e. The van der Waals surface area contributed by atoms with Crippen LogP contribution >= 0.6 is 31.9 Å². The maximum atomic E-state index is 11.5. The van der Waals surface area contributed by atoms with Gasteiger partial charge in [-0.05, 0) is 34.1 Å². The molecule has 0 radical (unpaired) electrons. The molecule has 0 aliphatic heterocycles. The van der Waals surface area contributed by atoms with Crippen molar-refractivity contribution in [2.24, 2.45) is 5.73 Å². The van der Waals surface area contributed by atoms with Gasteiger partial charge in [0.2, 0.25) is 11.8 Å². The summed E-state index contributed by atoms with van der Waals surface area (Å²) in [6, 6.07) is 5.40. The minimum Gasteiger partial charge on any atom is -0.346 e. The van der Waals surface area contributed by atoms with Crippen molar-refractivity contribution < 1.29 is 9.59 Å². The summed E-state index contributed by atoms with van der Waals surface area (Å²) in [5, 5.41) is 5.04. The molecule has 0 unspecified atom stereocenters. The van der Waals surface area contributed by atoms with Crippen molar-refractivity contribution in [1.82, 2.24) is 5.32 Å². The van der Waals surface area contributed by atoms with Gasteiger partial charge in [-0.2, -0.15) is 0 Å². The van der Waals surface area contributed by atoms with Gasteiger partial charge in [-0.1, -0.05) is 15.9 Å². The molecule has 0 saturated heterocycles. The molecule has 0 atom stereocenters. The van der Waals surface area contributed by atoms with Crippen molar-refractivity contribution in [3.05, 3.63) is 27.1 Å². The third-order valence-electron chi connectivity index (χ3n) is 1.83. The van der Waals surface area contributed by atoms with E-state index in [1.165, 1.54) is 0 Å². The lowest BCUT2D eigenvalue weighted by atomic mass is 10.3. The molecule has 4 N–H and O–H groups in total. The van der Waals surface area contributed by atoms with Crippen LogP contribution in [0.3, 0.4) is 0 Å². The van der Waals surface area contributed by atoms with E-state index in [1.807, 2.05) is 6.07 Å². The lowest BCUT2D eigenvalue weighted by Gasteiger charge is -2.08. The number of halogens is 2. The highest BCUT2D eigenvalue weighted by Crippen LogP contribution is 2.25. The Morgan fingerprint density at radius 2 is 1.94 bits per heavy atom. The highest BCUT2D eigenvalue weighted by atomic mass is 79.9. The lowest BCUT2D eigenvalue weighted by Crippen LogP contribution is -2.36. The van der Waals surface area contributed by atoms with Crippen LogP contribution < -0.4 is 16.4 Å². The van der Waals surface area contributed by atoms with Crippen LogP contribution in [0.4, 0.5) is 5.69 Å². The third kappa shape index (κ3) is 4.84. The number of nitrogens with two attached hydrogens (primary N) is 1. The van der Waals surface area contributed by atoms with Gasteiger partial charge in [0.05, 0.1) is 18.8 Å². The summed E-state index contributed by atoms with van der Waals surface area (Å²) in [5.41, 5.74) is 5.73. The monoisotopic (exact) mass is 363 g/mol. The number of amides is 2. The molecular formula is C10H11Br2N3O2. The first-order chi connectivity index (χ1) is 8.02. The summed E-state index contributed by atoms with van der Waals surface area (Å²) in [7, 11) is 0. The van der Waals surface area contributed by atoms with Crippen molar-refractivity contribution in [2.45, 2.75) is 0 Å². The van der Waals surface area contributed by atoms with Crippen molar-refractivity contribution in [1.29, 1.82) is 0 Å². The van der Waals surface area contributed by atoms with Gasteiger partial charge >= 0.3 is 0 Å². The summed E-state index contributed by atoms with van der Waals surface area (Å²) in [6.07, 6.45) is 0. The summed E-state index contributed by atoms with van der Waals surface area (Å²) in [4.78, 5) is 22.4. The van der Waals surface area contributed by atoms with Crippen LogP contribution in [0.2, 0.25) is 0 Å². The topological polar surface area (TPSA) is 84.2 Å². The van der Waals surface area contributed by atoms with Gasteiger partial charge in [0.25, 0.3) is 0 Å². The van der Waals surface area contributed by atoms with Crippen LogP contribution in [0.1, 0.15) is 0 Å². The number of hydrogen-bond donors (Lipinski definition) is 3. The molecule has 0 aromatic heterocycles. The van der Waals surface area contributed by atoms with Crippen LogP contribution in [-0.2, 0) is 9.59 Å². The maximum absolute atomic E-state index is 11.5. The normalized spacial score (nSPS) is 9.82. The first kappa shape index (κ1) is 14.1. The summed E-state index contributed by atoms with van der Waals surface area (Å²) >= 11 is 6.61. The third-order valence-corrected chi connectivity index (χ3v) is 3.02. The summed E-state index contributed by atoms with van der Waals surface area (Å²) < 4.78 is 1.61. The highest BCUT2D eigenvalue weighted by molar-refractivity contribution is 9.11. The standard InChI is InChI=1S/C10H11Br2N3O2/c11-6-1-2-7(12)8(3-6)15-10(17)5-14-9(16)4-13/h1-3H,4-5,13H2,(H,14,16)(H,15,17). The number of anilines is 1. The Morgan fingerprint density at radius 1 is 1.24 bits per heavy atom. The Hall–Kier alpha value is -0.920. The zero-order chi connectivity index (χ0) is 12.8. The zero-order valence-corrected chi connectivity index (χ0v) is 12.0. The number of nitrogens with one attached hydrogen (secondary N) is 2. The predicted octanol–water partition coefficient (Wildman–Crippen LogP) is 1.22. The van der Waals surface area contributed by atoms with Crippen molar-refractivity contribution in [2.75, 3.05) is 18.4 Å². The average Bonchev–Trinajstić information content (AvgIpc) is 2.30. The summed E-state index contributed by atoms with van der Waals surface area (Å²) in [6.45, 7) is -0.233. The molecule has 7 heteroatoms. The molecule has 0 aliphatic carbocycles. The quantitative estimate of drug-likeness (QED) is 0.751. The fourth-order valence-corrected chi connectivity index (χ4v) is 1.75. The molecule has 1 aromatic rings. The fraction of sp³-hybridized carbons (Fsp3) is 0.200. The smallest absolute Gasteiger partial charge is 0.243 e. The Labute approximate surface area is 115 Å². The van der Waals surface area contributed by atoms with Crippen LogP contribution in [-0.4, -0.2) is 24.9 Å².